The predicted molar refractivity (Wildman–Crippen MR) is 96.3 cm³/mol. The summed E-state index contributed by atoms with van der Waals surface area (Å²) < 4.78 is 33.2. The van der Waals surface area contributed by atoms with Gasteiger partial charge in [-0.1, -0.05) is 18.0 Å². The SMILES string of the molecule is Cc1noc(C)c1S(=O)(=O)NCC1(c2ccc(C(C)O)s2)CCCC1. The van der Waals surface area contributed by atoms with Gasteiger partial charge in [-0.15, -0.1) is 11.3 Å². The highest BCUT2D eigenvalue weighted by Gasteiger charge is 2.39. The molecule has 1 fully saturated rings. The van der Waals surface area contributed by atoms with E-state index in [9.17, 15) is 13.5 Å². The van der Waals surface area contributed by atoms with Crippen molar-refractivity contribution in [2.75, 3.05) is 6.54 Å². The second kappa shape index (κ2) is 6.83. The van der Waals surface area contributed by atoms with Gasteiger partial charge in [0.25, 0.3) is 0 Å². The van der Waals surface area contributed by atoms with Crippen LogP contribution >= 0.6 is 11.3 Å². The minimum absolute atomic E-state index is 0.136. The predicted octanol–water partition coefficient (Wildman–Crippen LogP) is 3.20. The molecule has 138 valence electrons. The maximum atomic E-state index is 12.7. The number of nitrogens with one attached hydrogen (secondary N) is 1. The molecule has 1 saturated carbocycles. The summed E-state index contributed by atoms with van der Waals surface area (Å²) in [6, 6.07) is 3.97. The van der Waals surface area contributed by atoms with Gasteiger partial charge in [0.15, 0.2) is 5.76 Å². The Bertz CT molecular complexity index is 826. The monoisotopic (exact) mass is 384 g/mol. The zero-order valence-corrected chi connectivity index (χ0v) is 16.3. The summed E-state index contributed by atoms with van der Waals surface area (Å²) in [7, 11) is -3.67. The smallest absolute Gasteiger partial charge is 0.245 e. The summed E-state index contributed by atoms with van der Waals surface area (Å²) in [6.45, 7) is 5.33. The minimum Gasteiger partial charge on any atom is -0.388 e. The fraction of sp³-hybridized carbons (Fsp3) is 0.588. The number of thiophene rings is 1. The second-order valence-corrected chi connectivity index (χ2v) is 9.66. The Labute approximate surface area is 152 Å². The molecule has 0 saturated heterocycles. The van der Waals surface area contributed by atoms with Crippen LogP contribution in [0.25, 0.3) is 0 Å². The van der Waals surface area contributed by atoms with Crippen molar-refractivity contribution in [3.05, 3.63) is 33.3 Å². The molecule has 2 heterocycles. The first kappa shape index (κ1) is 18.6. The maximum absolute atomic E-state index is 12.7. The molecule has 25 heavy (non-hydrogen) atoms. The van der Waals surface area contributed by atoms with Crippen LogP contribution in [0.15, 0.2) is 21.6 Å². The number of aromatic nitrogens is 1. The Morgan fingerprint density at radius 2 is 2.04 bits per heavy atom. The molecular formula is C17H24N2O4S2. The van der Waals surface area contributed by atoms with E-state index in [2.05, 4.69) is 9.88 Å². The summed E-state index contributed by atoms with van der Waals surface area (Å²) in [4.78, 5) is 2.19. The largest absolute Gasteiger partial charge is 0.388 e. The molecule has 0 amide bonds. The standard InChI is InChI=1S/C17H24N2O4S2/c1-11-16(13(3)23-19-11)25(21,22)18-10-17(8-4-5-9-17)15-7-6-14(24-15)12(2)20/h6-7,12,18,20H,4-5,8-10H2,1-3H3. The Hall–Kier alpha value is -1.22. The van der Waals surface area contributed by atoms with E-state index in [4.69, 9.17) is 4.52 Å². The zero-order valence-electron chi connectivity index (χ0n) is 14.7. The van der Waals surface area contributed by atoms with Crippen LogP contribution in [0.4, 0.5) is 0 Å². The molecule has 0 radical (unpaired) electrons. The Morgan fingerprint density at radius 3 is 2.56 bits per heavy atom. The molecule has 0 spiro atoms. The zero-order chi connectivity index (χ0) is 18.2. The van der Waals surface area contributed by atoms with Gasteiger partial charge in [0.05, 0.1) is 6.10 Å². The van der Waals surface area contributed by atoms with Gasteiger partial charge in [0.1, 0.15) is 10.6 Å². The van der Waals surface area contributed by atoms with E-state index in [0.717, 1.165) is 35.4 Å². The van der Waals surface area contributed by atoms with Gasteiger partial charge < -0.3 is 9.63 Å². The molecular weight excluding hydrogens is 360 g/mol. The summed E-state index contributed by atoms with van der Waals surface area (Å²) in [5.74, 6) is 0.304. The fourth-order valence-electron chi connectivity index (χ4n) is 3.59. The average molecular weight is 385 g/mol. The van der Waals surface area contributed by atoms with E-state index in [1.807, 2.05) is 12.1 Å². The number of aliphatic hydroxyl groups excluding tert-OH is 1. The maximum Gasteiger partial charge on any atom is 0.245 e. The lowest BCUT2D eigenvalue weighted by atomic mass is 9.85. The van der Waals surface area contributed by atoms with E-state index in [1.165, 1.54) is 0 Å². The number of aryl methyl sites for hydroxylation is 2. The first-order valence-electron chi connectivity index (χ1n) is 8.46. The Morgan fingerprint density at radius 1 is 1.36 bits per heavy atom. The van der Waals surface area contributed by atoms with Crippen LogP contribution < -0.4 is 4.72 Å². The van der Waals surface area contributed by atoms with Crippen molar-refractivity contribution < 1.29 is 18.0 Å². The second-order valence-electron chi connectivity index (χ2n) is 6.84. The lowest BCUT2D eigenvalue weighted by Gasteiger charge is -2.28. The van der Waals surface area contributed by atoms with Gasteiger partial charge in [-0.2, -0.15) is 0 Å². The lowest BCUT2D eigenvalue weighted by Crippen LogP contribution is -2.38. The Balaban J connectivity index is 1.85. The van der Waals surface area contributed by atoms with Crippen LogP contribution in [0.2, 0.25) is 0 Å². The highest BCUT2D eigenvalue weighted by molar-refractivity contribution is 7.89. The number of aliphatic hydroxyl groups is 1. The van der Waals surface area contributed by atoms with Gasteiger partial charge in [0, 0.05) is 21.7 Å². The molecule has 2 N–H and O–H groups in total. The normalized spacial score (nSPS) is 18.6. The minimum atomic E-state index is -3.67. The van der Waals surface area contributed by atoms with Crippen molar-refractivity contribution in [2.45, 2.75) is 62.9 Å². The van der Waals surface area contributed by atoms with Crippen molar-refractivity contribution in [1.82, 2.24) is 9.88 Å². The molecule has 0 aliphatic heterocycles. The first-order chi connectivity index (χ1) is 11.8. The van der Waals surface area contributed by atoms with E-state index < -0.39 is 16.1 Å². The lowest BCUT2D eigenvalue weighted by molar-refractivity contribution is 0.203. The van der Waals surface area contributed by atoms with Crippen LogP contribution in [0.3, 0.4) is 0 Å². The summed E-state index contributed by atoms with van der Waals surface area (Å²) >= 11 is 1.58. The average Bonchev–Trinajstić information content (AvgIpc) is 3.25. The molecule has 8 heteroatoms. The third-order valence-electron chi connectivity index (χ3n) is 4.96. The van der Waals surface area contributed by atoms with Gasteiger partial charge >= 0.3 is 0 Å². The molecule has 3 rings (SSSR count). The molecule has 0 aromatic carbocycles. The number of nitrogens with zero attached hydrogens (tertiary/aromatic N) is 1. The van der Waals surface area contributed by atoms with Crippen LogP contribution in [0.1, 0.15) is 59.9 Å². The van der Waals surface area contributed by atoms with E-state index in [-0.39, 0.29) is 10.3 Å². The number of hydrogen-bond acceptors (Lipinski definition) is 6. The molecule has 0 bridgehead atoms. The Kier molecular flexibility index (Phi) is 5.07. The van der Waals surface area contributed by atoms with Gasteiger partial charge in [0.2, 0.25) is 10.0 Å². The summed E-state index contributed by atoms with van der Waals surface area (Å²) in [6.07, 6.45) is 3.54. The topological polar surface area (TPSA) is 92.4 Å². The number of sulfonamides is 1. The van der Waals surface area contributed by atoms with E-state index in [0.29, 0.717) is 18.0 Å². The third-order valence-corrected chi connectivity index (χ3v) is 8.11. The van der Waals surface area contributed by atoms with Crippen LogP contribution in [-0.2, 0) is 15.4 Å². The van der Waals surface area contributed by atoms with E-state index in [1.54, 1.807) is 32.1 Å². The summed E-state index contributed by atoms with van der Waals surface area (Å²) in [5, 5.41) is 13.5. The third kappa shape index (κ3) is 3.53. The van der Waals surface area contributed by atoms with Crippen molar-refractivity contribution in [2.24, 2.45) is 0 Å². The number of hydrogen-bond donors (Lipinski definition) is 2. The highest BCUT2D eigenvalue weighted by atomic mass is 32.2. The molecule has 6 nitrogen and oxygen atoms in total. The van der Waals surface area contributed by atoms with Crippen molar-refractivity contribution >= 4 is 21.4 Å². The molecule has 2 aromatic rings. The van der Waals surface area contributed by atoms with Gasteiger partial charge in [-0.05, 0) is 45.7 Å². The molecule has 1 atom stereocenters. The fourth-order valence-corrected chi connectivity index (χ4v) is 6.23. The number of rotatable bonds is 6. The first-order valence-corrected chi connectivity index (χ1v) is 10.8. The molecule has 1 unspecified atom stereocenters. The summed E-state index contributed by atoms with van der Waals surface area (Å²) in [5.41, 5.74) is 0.169. The van der Waals surface area contributed by atoms with Crippen molar-refractivity contribution in [3.8, 4) is 0 Å². The van der Waals surface area contributed by atoms with Crippen LogP contribution in [0, 0.1) is 13.8 Å². The van der Waals surface area contributed by atoms with Gasteiger partial charge in [-0.3, -0.25) is 0 Å². The van der Waals surface area contributed by atoms with E-state index >= 15 is 0 Å². The molecule has 1 aliphatic rings. The molecule has 1 aliphatic carbocycles. The van der Waals surface area contributed by atoms with Gasteiger partial charge in [-0.25, -0.2) is 13.1 Å². The van der Waals surface area contributed by atoms with Crippen LogP contribution in [0.5, 0.6) is 0 Å². The van der Waals surface area contributed by atoms with Crippen molar-refractivity contribution in [1.29, 1.82) is 0 Å². The van der Waals surface area contributed by atoms with Crippen LogP contribution in [-0.4, -0.2) is 25.2 Å². The molecule has 2 aromatic heterocycles. The quantitative estimate of drug-likeness (QED) is 0.798. The van der Waals surface area contributed by atoms with Crippen molar-refractivity contribution in [3.63, 3.8) is 0 Å². The highest BCUT2D eigenvalue weighted by Crippen LogP contribution is 2.44.